The number of hydrogen-bond acceptors (Lipinski definition) is 9. The van der Waals surface area contributed by atoms with Crippen molar-refractivity contribution in [1.29, 1.82) is 0 Å². The summed E-state index contributed by atoms with van der Waals surface area (Å²) in [5.74, 6) is 2.75. The van der Waals surface area contributed by atoms with E-state index in [-0.39, 0.29) is 11.9 Å². The van der Waals surface area contributed by atoms with Gasteiger partial charge in [0, 0.05) is 6.04 Å². The van der Waals surface area contributed by atoms with Gasteiger partial charge in [-0.2, -0.15) is 15.0 Å². The highest BCUT2D eigenvalue weighted by atomic mass is 32.2. The highest BCUT2D eigenvalue weighted by Gasteiger charge is 2.25. The smallest absolute Gasteiger partial charge is 0.225 e. The normalized spacial score (nSPS) is 15.4. The van der Waals surface area contributed by atoms with Crippen LogP contribution in [-0.2, 0) is 5.75 Å². The molecule has 9 nitrogen and oxygen atoms in total. The van der Waals surface area contributed by atoms with Gasteiger partial charge in [-0.25, -0.2) is 0 Å². The molecule has 0 unspecified atom stereocenters. The fourth-order valence-electron chi connectivity index (χ4n) is 3.27. The molecule has 4 rings (SSSR count). The third-order valence-corrected chi connectivity index (χ3v) is 5.33. The molecule has 1 fully saturated rings. The summed E-state index contributed by atoms with van der Waals surface area (Å²) in [6.07, 6.45) is 7.59. The van der Waals surface area contributed by atoms with E-state index in [1.807, 2.05) is 12.1 Å². The molecule has 0 radical (unpaired) electrons. The van der Waals surface area contributed by atoms with E-state index >= 15 is 0 Å². The van der Waals surface area contributed by atoms with E-state index in [9.17, 15) is 0 Å². The Morgan fingerprint density at radius 3 is 2.54 bits per heavy atom. The predicted molar refractivity (Wildman–Crippen MR) is 98.1 cm³/mol. The second-order valence-electron chi connectivity index (χ2n) is 6.20. The van der Waals surface area contributed by atoms with Crippen LogP contribution in [0.15, 0.2) is 28.0 Å². The van der Waals surface area contributed by atoms with E-state index in [0.717, 1.165) is 29.6 Å². The van der Waals surface area contributed by atoms with Gasteiger partial charge in [0.05, 0.1) is 12.0 Å². The minimum Gasteiger partial charge on any atom is -0.461 e. The third-order valence-electron chi connectivity index (χ3n) is 4.39. The summed E-state index contributed by atoms with van der Waals surface area (Å²) in [4.78, 5) is 12.1. The lowest BCUT2D eigenvalue weighted by Crippen LogP contribution is -2.15. The number of nitrogens with zero attached hydrogens (tertiary/aromatic N) is 6. The largest absolute Gasteiger partial charge is 0.461 e. The van der Waals surface area contributed by atoms with Gasteiger partial charge in [-0.1, -0.05) is 31.0 Å². The fourth-order valence-corrected chi connectivity index (χ4v) is 4.13. The maximum atomic E-state index is 5.65. The summed E-state index contributed by atoms with van der Waals surface area (Å²) in [7, 11) is 0. The van der Waals surface area contributed by atoms with E-state index in [4.69, 9.17) is 15.9 Å². The SMILES string of the molecule is Nc1nc(N)nc(CSc2nnc(-c3ccco3)n2C2CCCCC2)n1. The van der Waals surface area contributed by atoms with Gasteiger partial charge in [0.15, 0.2) is 10.9 Å². The monoisotopic (exact) mass is 372 g/mol. The van der Waals surface area contributed by atoms with Crippen LogP contribution in [0.2, 0.25) is 0 Å². The van der Waals surface area contributed by atoms with Crippen LogP contribution >= 0.6 is 11.8 Å². The first-order chi connectivity index (χ1) is 12.7. The summed E-state index contributed by atoms with van der Waals surface area (Å²) < 4.78 is 7.75. The Hall–Kier alpha value is -2.62. The zero-order chi connectivity index (χ0) is 17.9. The topological polar surface area (TPSA) is 135 Å². The number of rotatable bonds is 5. The lowest BCUT2D eigenvalue weighted by atomic mass is 9.95. The molecular formula is C16H20N8OS. The Morgan fingerprint density at radius 1 is 1.08 bits per heavy atom. The molecule has 4 N–H and O–H groups in total. The van der Waals surface area contributed by atoms with E-state index < -0.39 is 0 Å². The molecule has 3 heterocycles. The van der Waals surface area contributed by atoms with Crippen molar-refractivity contribution in [1.82, 2.24) is 29.7 Å². The van der Waals surface area contributed by atoms with E-state index in [2.05, 4.69) is 29.7 Å². The molecule has 3 aromatic heterocycles. The van der Waals surface area contributed by atoms with Crippen molar-refractivity contribution in [3.05, 3.63) is 24.2 Å². The summed E-state index contributed by atoms with van der Waals surface area (Å²) in [6.45, 7) is 0. The average Bonchev–Trinajstić information content (AvgIpc) is 3.29. The van der Waals surface area contributed by atoms with Crippen molar-refractivity contribution in [3.63, 3.8) is 0 Å². The summed E-state index contributed by atoms with van der Waals surface area (Å²) >= 11 is 1.51. The molecule has 26 heavy (non-hydrogen) atoms. The first-order valence-corrected chi connectivity index (χ1v) is 9.57. The lowest BCUT2D eigenvalue weighted by Gasteiger charge is -2.25. The highest BCUT2D eigenvalue weighted by Crippen LogP contribution is 2.36. The van der Waals surface area contributed by atoms with Crippen LogP contribution < -0.4 is 11.5 Å². The Bertz CT molecular complexity index is 852. The molecule has 1 aliphatic rings. The average molecular weight is 372 g/mol. The summed E-state index contributed by atoms with van der Waals surface area (Å²) in [5.41, 5.74) is 11.3. The molecule has 0 amide bonds. The van der Waals surface area contributed by atoms with E-state index in [0.29, 0.717) is 17.6 Å². The van der Waals surface area contributed by atoms with Crippen LogP contribution in [0.1, 0.15) is 44.0 Å². The van der Waals surface area contributed by atoms with Gasteiger partial charge in [0.25, 0.3) is 0 Å². The number of hydrogen-bond donors (Lipinski definition) is 2. The van der Waals surface area contributed by atoms with E-state index in [1.54, 1.807) is 6.26 Å². The molecule has 0 aromatic carbocycles. The molecular weight excluding hydrogens is 352 g/mol. The van der Waals surface area contributed by atoms with Crippen molar-refractivity contribution in [2.45, 2.75) is 49.1 Å². The summed E-state index contributed by atoms with van der Waals surface area (Å²) in [6, 6.07) is 4.14. The highest BCUT2D eigenvalue weighted by molar-refractivity contribution is 7.98. The molecule has 0 saturated heterocycles. The molecule has 0 bridgehead atoms. The van der Waals surface area contributed by atoms with Gasteiger partial charge in [0.2, 0.25) is 17.7 Å². The first-order valence-electron chi connectivity index (χ1n) is 8.58. The van der Waals surface area contributed by atoms with Crippen LogP contribution in [-0.4, -0.2) is 29.7 Å². The van der Waals surface area contributed by atoms with E-state index in [1.165, 1.54) is 31.0 Å². The second-order valence-corrected chi connectivity index (χ2v) is 7.14. The van der Waals surface area contributed by atoms with Crippen LogP contribution in [0.25, 0.3) is 11.6 Å². The predicted octanol–water partition coefficient (Wildman–Crippen LogP) is 2.69. The van der Waals surface area contributed by atoms with Gasteiger partial charge in [0.1, 0.15) is 5.82 Å². The molecule has 0 aliphatic heterocycles. The van der Waals surface area contributed by atoms with Gasteiger partial charge < -0.3 is 15.9 Å². The van der Waals surface area contributed by atoms with Gasteiger partial charge in [-0.05, 0) is 25.0 Å². The second kappa shape index (κ2) is 7.32. The minimum atomic E-state index is 0.123. The maximum absolute atomic E-state index is 5.65. The zero-order valence-electron chi connectivity index (χ0n) is 14.2. The van der Waals surface area contributed by atoms with Gasteiger partial charge in [-0.3, -0.25) is 4.57 Å². The molecule has 0 atom stereocenters. The van der Waals surface area contributed by atoms with Crippen LogP contribution in [0.5, 0.6) is 0 Å². The van der Waals surface area contributed by atoms with Crippen molar-refractivity contribution in [3.8, 4) is 11.6 Å². The van der Waals surface area contributed by atoms with Crippen molar-refractivity contribution < 1.29 is 4.42 Å². The van der Waals surface area contributed by atoms with Crippen LogP contribution in [0.4, 0.5) is 11.9 Å². The summed E-state index contributed by atoms with van der Waals surface area (Å²) in [5, 5.41) is 9.59. The number of furan rings is 1. The Balaban J connectivity index is 1.62. The minimum absolute atomic E-state index is 0.123. The van der Waals surface area contributed by atoms with Crippen LogP contribution in [0.3, 0.4) is 0 Å². The lowest BCUT2D eigenvalue weighted by molar-refractivity contribution is 0.337. The number of aromatic nitrogens is 6. The molecule has 136 valence electrons. The molecule has 3 aromatic rings. The van der Waals surface area contributed by atoms with Crippen molar-refractivity contribution >= 4 is 23.7 Å². The Morgan fingerprint density at radius 2 is 1.85 bits per heavy atom. The number of nitrogen functional groups attached to an aromatic ring is 2. The van der Waals surface area contributed by atoms with Gasteiger partial charge >= 0.3 is 0 Å². The third kappa shape index (κ3) is 3.50. The van der Waals surface area contributed by atoms with Gasteiger partial charge in [-0.15, -0.1) is 10.2 Å². The quantitative estimate of drug-likeness (QED) is 0.648. The first kappa shape index (κ1) is 16.8. The standard InChI is InChI=1S/C16H20N8OS/c17-14-19-12(20-15(18)21-14)9-26-16-23-22-13(11-7-4-8-25-11)24(16)10-5-2-1-3-6-10/h4,7-8,10H,1-3,5-6,9H2,(H4,17,18,19,20,21). The van der Waals surface area contributed by atoms with Crippen LogP contribution in [0, 0.1) is 0 Å². The molecule has 10 heteroatoms. The number of nitrogens with two attached hydrogens (primary N) is 2. The Labute approximate surface area is 154 Å². The zero-order valence-corrected chi connectivity index (χ0v) is 15.0. The Kier molecular flexibility index (Phi) is 4.74. The maximum Gasteiger partial charge on any atom is 0.225 e. The fraction of sp³-hybridized carbons (Fsp3) is 0.438. The number of thioether (sulfide) groups is 1. The van der Waals surface area contributed by atoms with Crippen molar-refractivity contribution in [2.75, 3.05) is 11.5 Å². The molecule has 1 saturated carbocycles. The molecule has 1 aliphatic carbocycles. The number of anilines is 2. The van der Waals surface area contributed by atoms with Crippen molar-refractivity contribution in [2.24, 2.45) is 0 Å². The molecule has 0 spiro atoms.